The molecule has 31 heavy (non-hydrogen) atoms. The molecule has 2 aromatic heterocycles. The second-order valence-corrected chi connectivity index (χ2v) is 8.39. The van der Waals surface area contributed by atoms with E-state index >= 15 is 0 Å². The molecule has 1 amide bonds. The zero-order valence-corrected chi connectivity index (χ0v) is 18.0. The average molecular weight is 422 g/mol. The first-order chi connectivity index (χ1) is 14.9. The molecule has 2 aliphatic rings. The second-order valence-electron chi connectivity index (χ2n) is 8.39. The predicted molar refractivity (Wildman–Crippen MR) is 120 cm³/mol. The number of anilines is 1. The minimum absolute atomic E-state index is 0.0820. The molecule has 8 nitrogen and oxygen atoms in total. The van der Waals surface area contributed by atoms with Gasteiger partial charge in [0.15, 0.2) is 0 Å². The smallest absolute Gasteiger partial charge is 0.262 e. The van der Waals surface area contributed by atoms with Gasteiger partial charge in [-0.05, 0) is 51.3 Å². The van der Waals surface area contributed by atoms with Crippen LogP contribution < -0.4 is 20.5 Å². The van der Waals surface area contributed by atoms with Gasteiger partial charge in [0.2, 0.25) is 11.8 Å². The number of rotatable bonds is 6. The van der Waals surface area contributed by atoms with Crippen molar-refractivity contribution in [3.8, 4) is 11.8 Å². The summed E-state index contributed by atoms with van der Waals surface area (Å²) in [6.07, 6.45) is 6.84. The number of allylic oxidation sites excluding steroid dienone is 1. The third-order valence-corrected chi connectivity index (χ3v) is 5.33. The summed E-state index contributed by atoms with van der Waals surface area (Å²) in [5.74, 6) is 0.905. The Morgan fingerprint density at radius 2 is 2.16 bits per heavy atom. The molecule has 1 aliphatic carbocycles. The van der Waals surface area contributed by atoms with Gasteiger partial charge in [0.25, 0.3) is 5.91 Å². The van der Waals surface area contributed by atoms with Crippen LogP contribution in [0, 0.1) is 0 Å². The number of carbonyl (C=O) groups is 1. The standard InChI is InChI=1S/C23H27N5O3/c1-23(2)11-14-10-17(22(28-21(14)31-23)30-16-6-4-7-16)20(29)27-19-9-5-8-18(26-19)15(12-24)13-25-3/h5,8-10,12-13,16H,4,6-7,11,24H2,1-3H3,(H,26,27,29)/b15-12+,25-13?. The van der Waals surface area contributed by atoms with E-state index in [1.807, 2.05) is 19.9 Å². The molecule has 0 unspecified atom stereocenters. The van der Waals surface area contributed by atoms with Gasteiger partial charge in [-0.15, -0.1) is 0 Å². The van der Waals surface area contributed by atoms with Gasteiger partial charge in [0.1, 0.15) is 23.1 Å². The number of nitrogens with zero attached hydrogens (tertiary/aromatic N) is 3. The number of hydrogen-bond acceptors (Lipinski definition) is 7. The van der Waals surface area contributed by atoms with Crippen LogP contribution in [0.1, 0.15) is 54.7 Å². The topological polar surface area (TPSA) is 112 Å². The Bertz CT molecular complexity index is 1060. The summed E-state index contributed by atoms with van der Waals surface area (Å²) in [6.45, 7) is 4.00. The first-order valence-electron chi connectivity index (χ1n) is 10.4. The zero-order valence-electron chi connectivity index (χ0n) is 18.0. The normalized spacial score (nSPS) is 17.7. The van der Waals surface area contributed by atoms with E-state index in [4.69, 9.17) is 15.2 Å². The van der Waals surface area contributed by atoms with Crippen LogP contribution in [0.4, 0.5) is 5.82 Å². The quantitative estimate of drug-likeness (QED) is 0.692. The van der Waals surface area contributed by atoms with Crippen LogP contribution in [0.15, 0.2) is 35.5 Å². The lowest BCUT2D eigenvalue weighted by atomic mass is 9.96. The van der Waals surface area contributed by atoms with E-state index in [0.29, 0.717) is 40.8 Å². The molecule has 3 N–H and O–H groups in total. The van der Waals surface area contributed by atoms with E-state index in [9.17, 15) is 4.79 Å². The number of pyridine rings is 2. The van der Waals surface area contributed by atoms with Gasteiger partial charge in [-0.1, -0.05) is 6.07 Å². The van der Waals surface area contributed by atoms with Crippen LogP contribution in [0.3, 0.4) is 0 Å². The Labute approximate surface area is 181 Å². The molecule has 0 aromatic carbocycles. The van der Waals surface area contributed by atoms with Gasteiger partial charge in [0.05, 0.1) is 5.69 Å². The summed E-state index contributed by atoms with van der Waals surface area (Å²) in [5, 5.41) is 2.86. The maximum absolute atomic E-state index is 13.2. The minimum atomic E-state index is -0.361. The van der Waals surface area contributed by atoms with Crippen molar-refractivity contribution in [1.82, 2.24) is 9.97 Å². The molecule has 162 valence electrons. The van der Waals surface area contributed by atoms with Crippen LogP contribution in [0.2, 0.25) is 0 Å². The molecule has 0 saturated heterocycles. The summed E-state index contributed by atoms with van der Waals surface area (Å²) in [4.78, 5) is 26.2. The molecule has 0 spiro atoms. The van der Waals surface area contributed by atoms with Gasteiger partial charge in [-0.3, -0.25) is 9.79 Å². The van der Waals surface area contributed by atoms with Crippen molar-refractivity contribution in [2.24, 2.45) is 10.7 Å². The summed E-state index contributed by atoms with van der Waals surface area (Å²) in [6, 6.07) is 7.14. The van der Waals surface area contributed by atoms with Gasteiger partial charge < -0.3 is 20.5 Å². The number of ether oxygens (including phenoxy) is 2. The Hall–Kier alpha value is -3.42. The van der Waals surface area contributed by atoms with Crippen molar-refractivity contribution in [2.45, 2.75) is 51.2 Å². The van der Waals surface area contributed by atoms with Crippen LogP contribution in [-0.2, 0) is 6.42 Å². The first-order valence-corrected chi connectivity index (χ1v) is 10.4. The fourth-order valence-corrected chi connectivity index (χ4v) is 3.57. The van der Waals surface area contributed by atoms with E-state index in [1.165, 1.54) is 6.20 Å². The van der Waals surface area contributed by atoms with Gasteiger partial charge in [0, 0.05) is 37.0 Å². The van der Waals surface area contributed by atoms with Crippen LogP contribution in [-0.4, -0.2) is 40.8 Å². The van der Waals surface area contributed by atoms with E-state index in [0.717, 1.165) is 24.8 Å². The zero-order chi connectivity index (χ0) is 22.0. The van der Waals surface area contributed by atoms with Gasteiger partial charge >= 0.3 is 0 Å². The van der Waals surface area contributed by atoms with Gasteiger partial charge in [-0.2, -0.15) is 4.98 Å². The van der Waals surface area contributed by atoms with Crippen molar-refractivity contribution < 1.29 is 14.3 Å². The van der Waals surface area contributed by atoms with Crippen molar-refractivity contribution in [1.29, 1.82) is 0 Å². The number of aromatic nitrogens is 2. The lowest BCUT2D eigenvalue weighted by Gasteiger charge is -2.26. The number of amides is 1. The van der Waals surface area contributed by atoms with E-state index in [-0.39, 0.29) is 17.6 Å². The first kappa shape index (κ1) is 20.8. The highest BCUT2D eigenvalue weighted by atomic mass is 16.5. The SMILES string of the molecule is CN=C/C(=C\N)c1cccc(NC(=O)c2cc3c(nc2OC2CCC2)OC(C)(C)C3)n1. The number of carbonyl (C=O) groups excluding carboxylic acids is 1. The van der Waals surface area contributed by atoms with Crippen molar-refractivity contribution >= 4 is 23.5 Å². The highest BCUT2D eigenvalue weighted by Gasteiger charge is 2.34. The van der Waals surface area contributed by atoms with Crippen molar-refractivity contribution in [3.05, 3.63) is 47.3 Å². The van der Waals surface area contributed by atoms with E-state index < -0.39 is 0 Å². The molecule has 1 fully saturated rings. The number of hydrogen-bond donors (Lipinski definition) is 2. The van der Waals surface area contributed by atoms with Crippen LogP contribution >= 0.6 is 0 Å². The molecule has 1 saturated carbocycles. The highest BCUT2D eigenvalue weighted by molar-refractivity contribution is 6.09. The van der Waals surface area contributed by atoms with Crippen molar-refractivity contribution in [2.75, 3.05) is 12.4 Å². The molecule has 2 aromatic rings. The third-order valence-electron chi connectivity index (χ3n) is 5.33. The number of nitrogens with one attached hydrogen (secondary N) is 1. The molecule has 0 atom stereocenters. The van der Waals surface area contributed by atoms with E-state index in [1.54, 1.807) is 31.5 Å². The highest BCUT2D eigenvalue weighted by Crippen LogP contribution is 2.37. The minimum Gasteiger partial charge on any atom is -0.474 e. The maximum atomic E-state index is 13.2. The summed E-state index contributed by atoms with van der Waals surface area (Å²) in [7, 11) is 1.66. The summed E-state index contributed by atoms with van der Waals surface area (Å²) in [5.41, 5.74) is 7.85. The lowest BCUT2D eigenvalue weighted by molar-refractivity contribution is 0.0968. The summed E-state index contributed by atoms with van der Waals surface area (Å²) >= 11 is 0. The number of aliphatic imine (C=N–C) groups is 1. The molecule has 0 radical (unpaired) electrons. The van der Waals surface area contributed by atoms with E-state index in [2.05, 4.69) is 20.3 Å². The predicted octanol–water partition coefficient (Wildman–Crippen LogP) is 3.37. The molecular weight excluding hydrogens is 394 g/mol. The molecule has 3 heterocycles. The molecular formula is C23H27N5O3. The number of nitrogens with two attached hydrogens (primary N) is 1. The Kier molecular flexibility index (Phi) is 5.63. The van der Waals surface area contributed by atoms with Crippen molar-refractivity contribution in [3.63, 3.8) is 0 Å². The Morgan fingerprint density at radius 1 is 1.35 bits per heavy atom. The Balaban J connectivity index is 1.62. The molecule has 1 aliphatic heterocycles. The molecule has 4 rings (SSSR count). The summed E-state index contributed by atoms with van der Waals surface area (Å²) < 4.78 is 12.0. The average Bonchev–Trinajstić information content (AvgIpc) is 3.01. The fourth-order valence-electron chi connectivity index (χ4n) is 3.57. The number of fused-ring (bicyclic) bond motifs is 1. The maximum Gasteiger partial charge on any atom is 0.262 e. The Morgan fingerprint density at radius 3 is 2.84 bits per heavy atom. The second kappa shape index (κ2) is 8.37. The van der Waals surface area contributed by atoms with Gasteiger partial charge in [-0.25, -0.2) is 4.98 Å². The monoisotopic (exact) mass is 421 g/mol. The fraction of sp³-hybridized carbons (Fsp3) is 0.391. The van der Waals surface area contributed by atoms with Crippen LogP contribution in [0.5, 0.6) is 11.8 Å². The molecule has 0 bridgehead atoms. The van der Waals surface area contributed by atoms with Crippen LogP contribution in [0.25, 0.3) is 5.57 Å². The molecule has 8 heteroatoms. The lowest BCUT2D eigenvalue weighted by Crippen LogP contribution is -2.27. The largest absolute Gasteiger partial charge is 0.474 e. The third kappa shape index (κ3) is 4.52.